The minimum atomic E-state index is 0.468. The maximum absolute atomic E-state index is 5.57. The van der Waals surface area contributed by atoms with Crippen molar-refractivity contribution in [2.24, 2.45) is 4.99 Å². The van der Waals surface area contributed by atoms with Crippen LogP contribution in [0.15, 0.2) is 57.5 Å². The van der Waals surface area contributed by atoms with Crippen LogP contribution in [0, 0.1) is 6.92 Å². The normalized spacial score (nSPS) is 11.9. The minimum absolute atomic E-state index is 0.468. The number of nitrogens with one attached hydrogen (secondary N) is 2. The topological polar surface area (TPSA) is 80.3 Å². The molecule has 3 aromatic heterocycles. The van der Waals surface area contributed by atoms with Crippen molar-refractivity contribution >= 4 is 28.3 Å². The Morgan fingerprint density at radius 2 is 2.07 bits per heavy atom. The Hall–Kier alpha value is -3.13. The lowest BCUT2D eigenvalue weighted by Crippen LogP contribution is -2.38. The summed E-state index contributed by atoms with van der Waals surface area (Å²) >= 11 is 1.61. The van der Waals surface area contributed by atoms with Crippen LogP contribution < -0.4 is 10.6 Å². The molecule has 8 heteroatoms. The molecule has 0 aliphatic heterocycles. The zero-order valence-corrected chi connectivity index (χ0v) is 18.1. The lowest BCUT2D eigenvalue weighted by molar-refractivity contribution is 0.574. The Balaban J connectivity index is 1.31. The number of hydrogen-bond acceptors (Lipinski definition) is 5. The van der Waals surface area contributed by atoms with Crippen LogP contribution in [0.5, 0.6) is 0 Å². The highest BCUT2D eigenvalue weighted by Gasteiger charge is 2.08. The third kappa shape index (κ3) is 4.71. The first-order chi connectivity index (χ1) is 14.7. The van der Waals surface area contributed by atoms with E-state index in [1.807, 2.05) is 23.6 Å². The Labute approximate surface area is 179 Å². The molecule has 7 nitrogen and oxygen atoms in total. The molecule has 156 valence electrons. The fraction of sp³-hybridized carbons (Fsp3) is 0.318. The van der Waals surface area contributed by atoms with Gasteiger partial charge in [-0.15, -0.1) is 11.3 Å². The van der Waals surface area contributed by atoms with Gasteiger partial charge in [0.2, 0.25) is 5.89 Å². The number of benzene rings is 1. The van der Waals surface area contributed by atoms with Gasteiger partial charge in [-0.25, -0.2) is 15.0 Å². The summed E-state index contributed by atoms with van der Waals surface area (Å²) in [6.45, 7) is 7.11. The van der Waals surface area contributed by atoms with Crippen LogP contribution in [-0.4, -0.2) is 33.6 Å². The van der Waals surface area contributed by atoms with Crippen molar-refractivity contribution in [3.8, 4) is 10.8 Å². The molecule has 0 bridgehead atoms. The van der Waals surface area contributed by atoms with E-state index in [0.717, 1.165) is 53.9 Å². The molecule has 0 aliphatic rings. The zero-order chi connectivity index (χ0) is 20.8. The number of imidazole rings is 1. The number of para-hydroxylation sites is 2. The summed E-state index contributed by atoms with van der Waals surface area (Å²) < 4.78 is 7.83. The monoisotopic (exact) mass is 422 g/mol. The number of aryl methyl sites for hydroxylation is 2. The van der Waals surface area contributed by atoms with Crippen LogP contribution in [0.25, 0.3) is 21.8 Å². The lowest BCUT2D eigenvalue weighted by Gasteiger charge is -2.12. The smallest absolute Gasteiger partial charge is 0.236 e. The van der Waals surface area contributed by atoms with Gasteiger partial charge in [0.1, 0.15) is 17.8 Å². The maximum Gasteiger partial charge on any atom is 0.236 e. The first-order valence-electron chi connectivity index (χ1n) is 10.2. The van der Waals surface area contributed by atoms with Gasteiger partial charge < -0.3 is 19.6 Å². The molecule has 4 aromatic rings. The van der Waals surface area contributed by atoms with Crippen LogP contribution in [0.1, 0.15) is 24.9 Å². The van der Waals surface area contributed by atoms with Gasteiger partial charge in [0.25, 0.3) is 0 Å². The number of thiophene rings is 1. The van der Waals surface area contributed by atoms with E-state index in [1.165, 1.54) is 5.52 Å². The molecule has 0 spiro atoms. The number of oxazole rings is 1. The maximum atomic E-state index is 5.57. The molecule has 0 radical (unpaired) electrons. The van der Waals surface area contributed by atoms with E-state index < -0.39 is 0 Å². The molecule has 1 aromatic carbocycles. The summed E-state index contributed by atoms with van der Waals surface area (Å²) in [5, 5.41) is 8.70. The van der Waals surface area contributed by atoms with Crippen LogP contribution in [0.3, 0.4) is 0 Å². The zero-order valence-electron chi connectivity index (χ0n) is 17.3. The first-order valence-corrected chi connectivity index (χ1v) is 11.0. The highest BCUT2D eigenvalue weighted by molar-refractivity contribution is 7.13. The summed E-state index contributed by atoms with van der Waals surface area (Å²) in [5.41, 5.74) is 3.05. The Bertz CT molecular complexity index is 1110. The van der Waals surface area contributed by atoms with Crippen molar-refractivity contribution in [2.45, 2.75) is 33.4 Å². The summed E-state index contributed by atoms with van der Waals surface area (Å²) in [5.74, 6) is 2.48. The van der Waals surface area contributed by atoms with Gasteiger partial charge in [-0.2, -0.15) is 0 Å². The van der Waals surface area contributed by atoms with Crippen LogP contribution in [0.4, 0.5) is 0 Å². The highest BCUT2D eigenvalue weighted by Crippen LogP contribution is 2.23. The largest absolute Gasteiger partial charge is 0.443 e. The summed E-state index contributed by atoms with van der Waals surface area (Å²) in [4.78, 5) is 14.8. The van der Waals surface area contributed by atoms with Gasteiger partial charge in [0, 0.05) is 19.6 Å². The van der Waals surface area contributed by atoms with E-state index in [1.54, 1.807) is 17.6 Å². The third-order valence-corrected chi connectivity index (χ3v) is 5.58. The molecular formula is C22H26N6OS. The van der Waals surface area contributed by atoms with Gasteiger partial charge in [-0.1, -0.05) is 18.2 Å². The second-order valence-electron chi connectivity index (χ2n) is 6.90. The SMILES string of the molecule is CCNC(=NCc1coc(-c2cccs2)n1)NCCCn1c(C)nc2ccccc21. The van der Waals surface area contributed by atoms with Crippen molar-refractivity contribution in [1.29, 1.82) is 0 Å². The first kappa shape index (κ1) is 20.2. The molecule has 30 heavy (non-hydrogen) atoms. The van der Waals surface area contributed by atoms with E-state index in [4.69, 9.17) is 4.42 Å². The molecule has 2 N–H and O–H groups in total. The molecule has 0 fully saturated rings. The number of fused-ring (bicyclic) bond motifs is 1. The van der Waals surface area contributed by atoms with E-state index in [-0.39, 0.29) is 0 Å². The summed E-state index contributed by atoms with van der Waals surface area (Å²) in [6.07, 6.45) is 2.65. The number of aromatic nitrogens is 3. The van der Waals surface area contributed by atoms with E-state index in [9.17, 15) is 0 Å². The lowest BCUT2D eigenvalue weighted by atomic mass is 10.3. The van der Waals surface area contributed by atoms with Gasteiger partial charge in [-0.05, 0) is 43.8 Å². The van der Waals surface area contributed by atoms with Gasteiger partial charge in [0.05, 0.1) is 22.5 Å². The van der Waals surface area contributed by atoms with Gasteiger partial charge in [0.15, 0.2) is 5.96 Å². The Kier molecular flexibility index (Phi) is 6.44. The van der Waals surface area contributed by atoms with Crippen molar-refractivity contribution in [2.75, 3.05) is 13.1 Å². The molecule has 0 aliphatic carbocycles. The number of aliphatic imine (C=N–C) groups is 1. The van der Waals surface area contributed by atoms with Gasteiger partial charge in [-0.3, -0.25) is 0 Å². The van der Waals surface area contributed by atoms with Gasteiger partial charge >= 0.3 is 0 Å². The fourth-order valence-corrected chi connectivity index (χ4v) is 3.97. The standard InChI is InChI=1S/C22H26N6OS/c1-3-23-22(25-14-17-15-29-21(27-17)20-10-6-13-30-20)24-11-7-12-28-16(2)26-18-8-4-5-9-19(18)28/h4-6,8-10,13,15H,3,7,11-12,14H2,1-2H3,(H2,23,24,25). The molecule has 3 heterocycles. The molecule has 4 rings (SSSR count). The second-order valence-corrected chi connectivity index (χ2v) is 7.84. The highest BCUT2D eigenvalue weighted by atomic mass is 32.1. The molecule has 0 amide bonds. The van der Waals surface area contributed by atoms with Crippen molar-refractivity contribution in [1.82, 2.24) is 25.2 Å². The third-order valence-electron chi connectivity index (χ3n) is 4.72. The number of guanidine groups is 1. The van der Waals surface area contributed by atoms with E-state index >= 15 is 0 Å². The number of hydrogen-bond donors (Lipinski definition) is 2. The van der Waals surface area contributed by atoms with E-state index in [0.29, 0.717) is 12.4 Å². The van der Waals surface area contributed by atoms with Crippen LogP contribution >= 0.6 is 11.3 Å². The van der Waals surface area contributed by atoms with Crippen molar-refractivity contribution < 1.29 is 4.42 Å². The molecule has 0 saturated heterocycles. The summed E-state index contributed by atoms with van der Waals surface area (Å²) in [7, 11) is 0. The van der Waals surface area contributed by atoms with Crippen molar-refractivity contribution in [3.05, 3.63) is 59.6 Å². The predicted octanol–water partition coefficient (Wildman–Crippen LogP) is 4.21. The average molecular weight is 423 g/mol. The second kappa shape index (κ2) is 9.58. The van der Waals surface area contributed by atoms with Crippen LogP contribution in [-0.2, 0) is 13.1 Å². The number of nitrogens with zero attached hydrogens (tertiary/aromatic N) is 4. The molecule has 0 saturated carbocycles. The molecule has 0 atom stereocenters. The average Bonchev–Trinajstić information content (AvgIpc) is 3.49. The minimum Gasteiger partial charge on any atom is -0.443 e. The number of rotatable bonds is 8. The predicted molar refractivity (Wildman–Crippen MR) is 122 cm³/mol. The van der Waals surface area contributed by atoms with E-state index in [2.05, 4.69) is 62.2 Å². The van der Waals surface area contributed by atoms with Crippen molar-refractivity contribution in [3.63, 3.8) is 0 Å². The Morgan fingerprint density at radius 1 is 1.17 bits per heavy atom. The molecular weight excluding hydrogens is 396 g/mol. The van der Waals surface area contributed by atoms with Crippen LogP contribution in [0.2, 0.25) is 0 Å². The fourth-order valence-electron chi connectivity index (χ4n) is 3.32. The molecule has 0 unspecified atom stereocenters. The summed E-state index contributed by atoms with van der Waals surface area (Å²) in [6, 6.07) is 12.3. The Morgan fingerprint density at radius 3 is 2.90 bits per heavy atom. The quantitative estimate of drug-likeness (QED) is 0.253.